The average molecular weight is 1160 g/mol. The molecule has 428 valence electrons. The summed E-state index contributed by atoms with van der Waals surface area (Å²) in [5, 5.41) is 19.4. The summed E-state index contributed by atoms with van der Waals surface area (Å²) >= 11 is 14.0. The molecule has 4 aromatic carbocycles. The van der Waals surface area contributed by atoms with Gasteiger partial charge in [0.15, 0.2) is 11.6 Å². The van der Waals surface area contributed by atoms with Gasteiger partial charge in [-0.2, -0.15) is 19.9 Å². The van der Waals surface area contributed by atoms with Gasteiger partial charge in [-0.15, -0.1) is 0 Å². The summed E-state index contributed by atoms with van der Waals surface area (Å²) in [5.74, 6) is -0.111. The Morgan fingerprint density at radius 1 is 0.651 bits per heavy atom. The minimum absolute atomic E-state index is 0.0314. The van der Waals surface area contributed by atoms with Crippen LogP contribution in [0.4, 0.5) is 20.4 Å². The van der Waals surface area contributed by atoms with Crippen LogP contribution >= 0.6 is 23.2 Å². The number of carbonyl (C=O) groups excluding carboxylic acids is 1. The number of hydrogen-bond donors (Lipinski definition) is 2. The zero-order valence-corrected chi connectivity index (χ0v) is 48.0. The normalized spacial score (nSPS) is 25.4. The molecular formula is C64H65Cl2F2N11O4. The first-order chi connectivity index (χ1) is 40.3. The molecule has 8 aromatic rings. The largest absolute Gasteiger partial charge is 0.461 e. The van der Waals surface area contributed by atoms with Gasteiger partial charge in [-0.25, -0.2) is 8.78 Å². The zero-order valence-electron chi connectivity index (χ0n) is 46.5. The van der Waals surface area contributed by atoms with Crippen LogP contribution in [0.3, 0.4) is 0 Å². The molecule has 11 heterocycles. The number of aliphatic hydroxyl groups is 1. The van der Waals surface area contributed by atoms with Gasteiger partial charge in [0.25, 0.3) is 0 Å². The van der Waals surface area contributed by atoms with E-state index in [1.807, 2.05) is 60.4 Å². The predicted molar refractivity (Wildman–Crippen MR) is 318 cm³/mol. The third-order valence-electron chi connectivity index (χ3n) is 19.8. The Kier molecular flexibility index (Phi) is 13.0. The number of amides is 1. The highest BCUT2D eigenvalue weighted by Gasteiger charge is 2.51. The fourth-order valence-corrected chi connectivity index (χ4v) is 16.5. The Morgan fingerprint density at radius 2 is 1.24 bits per heavy atom. The molecule has 4 atom stereocenters. The number of aromatic nitrogens is 6. The number of nitrogens with zero attached hydrogens (tertiary/aromatic N) is 10. The summed E-state index contributed by atoms with van der Waals surface area (Å²) in [5.41, 5.74) is 0.953. The van der Waals surface area contributed by atoms with Gasteiger partial charge in [0.1, 0.15) is 47.3 Å². The maximum absolute atomic E-state index is 17.9. The molecule has 15 nitrogen and oxygen atoms in total. The lowest BCUT2D eigenvalue weighted by Crippen LogP contribution is -2.46. The third kappa shape index (κ3) is 9.00. The van der Waals surface area contributed by atoms with E-state index in [1.165, 1.54) is 0 Å². The van der Waals surface area contributed by atoms with Gasteiger partial charge in [0, 0.05) is 94.9 Å². The van der Waals surface area contributed by atoms with E-state index in [2.05, 4.69) is 32.1 Å². The zero-order chi connectivity index (χ0) is 56.4. The highest BCUT2D eigenvalue weighted by molar-refractivity contribution is 6.37. The monoisotopic (exact) mass is 1160 g/mol. The topological polar surface area (TPSA) is 158 Å². The van der Waals surface area contributed by atoms with Crippen molar-refractivity contribution in [2.45, 2.75) is 113 Å². The molecule has 0 radical (unpaired) electrons. The summed E-state index contributed by atoms with van der Waals surface area (Å²) in [6.07, 6.45) is 14.7. The van der Waals surface area contributed by atoms with Crippen molar-refractivity contribution in [2.24, 2.45) is 5.41 Å². The Morgan fingerprint density at radius 3 is 1.92 bits per heavy atom. The number of hydrogen-bond acceptors (Lipinski definition) is 14. The van der Waals surface area contributed by atoms with Crippen molar-refractivity contribution >= 4 is 84.1 Å². The molecule has 83 heavy (non-hydrogen) atoms. The molecule has 7 aliphatic heterocycles. The van der Waals surface area contributed by atoms with Crippen molar-refractivity contribution in [1.29, 1.82) is 0 Å². The van der Waals surface area contributed by atoms with Crippen LogP contribution in [0.1, 0.15) is 102 Å². The van der Waals surface area contributed by atoms with Gasteiger partial charge in [-0.05, 0) is 132 Å². The van der Waals surface area contributed by atoms with Crippen molar-refractivity contribution in [3.63, 3.8) is 0 Å². The minimum atomic E-state index is -0.976. The van der Waals surface area contributed by atoms with E-state index in [4.69, 9.17) is 62.6 Å². The first kappa shape index (κ1) is 53.1. The van der Waals surface area contributed by atoms with Crippen LogP contribution in [-0.4, -0.2) is 133 Å². The average Bonchev–Trinajstić information content (AvgIpc) is 4.44. The molecule has 0 saturated carbocycles. The van der Waals surface area contributed by atoms with E-state index < -0.39 is 22.8 Å². The first-order valence-corrected chi connectivity index (χ1v) is 30.4. The van der Waals surface area contributed by atoms with E-state index in [0.717, 1.165) is 107 Å². The lowest BCUT2D eigenvalue weighted by molar-refractivity contribution is -0.119. The van der Waals surface area contributed by atoms with Crippen LogP contribution < -0.4 is 24.6 Å². The summed E-state index contributed by atoms with van der Waals surface area (Å²) < 4.78 is 48.6. The molecule has 0 bridgehead atoms. The molecule has 7 aliphatic rings. The molecule has 7 fully saturated rings. The number of β-amino-alcohol motifs (C(OH)–C–C–N with tert-alkyl or cyclic N) is 1. The fraction of sp³-hybridized carbons (Fsp3) is 0.453. The van der Waals surface area contributed by atoms with Gasteiger partial charge in [-0.3, -0.25) is 24.6 Å². The van der Waals surface area contributed by atoms with Gasteiger partial charge in [-0.1, -0.05) is 77.8 Å². The number of carbonyl (C=O) groups is 1. The highest BCUT2D eigenvalue weighted by Crippen LogP contribution is 2.52. The number of halogens is 4. The molecule has 2 N–H and O–H groups in total. The SMILES string of the molecule is CC1(O)CCCN(c2nc(OCC34CCCN3C(c3ccc(Cl)c5c(-c6ncc7c(N8CCCC9(CNC(=O)C9)C8)nc(OCC89CCCN8CCC9)nc7c6F)cccc35)CC4)nc3c(F)c(-c4cccc5cccc(Cl)c45)ncc23)C1. The molecule has 0 aliphatic carbocycles. The van der Waals surface area contributed by atoms with Crippen molar-refractivity contribution in [2.75, 3.05) is 75.4 Å². The summed E-state index contributed by atoms with van der Waals surface area (Å²) in [4.78, 5) is 51.2. The Bertz CT molecular complexity index is 3950. The first-order valence-electron chi connectivity index (χ1n) is 29.7. The molecule has 19 heteroatoms. The van der Waals surface area contributed by atoms with Gasteiger partial charge in [0.05, 0.1) is 27.5 Å². The van der Waals surface area contributed by atoms with Crippen molar-refractivity contribution in [1.82, 2.24) is 45.0 Å². The van der Waals surface area contributed by atoms with Crippen molar-refractivity contribution < 1.29 is 28.2 Å². The second-order valence-corrected chi connectivity index (χ2v) is 25.9. The second kappa shape index (κ2) is 20.3. The molecule has 15 rings (SSSR count). The van der Waals surface area contributed by atoms with E-state index in [1.54, 1.807) is 18.5 Å². The highest BCUT2D eigenvalue weighted by atomic mass is 35.5. The number of pyridine rings is 2. The van der Waals surface area contributed by atoms with Gasteiger partial charge >= 0.3 is 12.0 Å². The maximum Gasteiger partial charge on any atom is 0.319 e. The smallest absolute Gasteiger partial charge is 0.319 e. The third-order valence-corrected chi connectivity index (χ3v) is 20.5. The standard InChI is InChI=1S/C64H65Cl2F2N11O4/c1-61(81)19-5-25-76(34-61)57-43-31-69-53(41-13-2-10-38-11-3-15-45(65)49(38)41)51(67)55(43)73-60(74-57)83-37-64-23-9-29-79(64)47(18-24-64)39-16-17-46(66)50-40(39)12-4-14-42(50)54-52(68)56-44(32-70-54)58(77-26-6-20-62(35-77)30-48(80)71-33-62)75-59(72-56)82-36-63-21-7-27-78(63)28-8-22-63/h2-4,10-17,31-32,47,81H,5-9,18-30,33-37H2,1H3,(H,71,80). The Balaban J connectivity index is 0.764. The molecule has 4 unspecified atom stereocenters. The Hall–Kier alpha value is -6.63. The van der Waals surface area contributed by atoms with E-state index >= 15 is 8.78 Å². The number of piperidine rings is 2. The summed E-state index contributed by atoms with van der Waals surface area (Å²) in [7, 11) is 0. The van der Waals surface area contributed by atoms with Crippen LogP contribution in [-0.2, 0) is 4.79 Å². The lowest BCUT2D eigenvalue weighted by Gasteiger charge is -2.40. The quantitative estimate of drug-likeness (QED) is 0.126. The van der Waals surface area contributed by atoms with Crippen LogP contribution in [0.5, 0.6) is 12.0 Å². The molecular weight excluding hydrogens is 1100 g/mol. The van der Waals surface area contributed by atoms with Gasteiger partial charge in [0.2, 0.25) is 5.91 Å². The van der Waals surface area contributed by atoms with Gasteiger partial charge < -0.3 is 29.7 Å². The minimum Gasteiger partial charge on any atom is -0.461 e. The number of rotatable bonds is 11. The number of benzene rings is 4. The lowest BCUT2D eigenvalue weighted by atomic mass is 9.79. The fourth-order valence-electron chi connectivity index (χ4n) is 15.9. The Labute approximate surface area is 489 Å². The molecule has 1 spiro atoms. The van der Waals surface area contributed by atoms with Crippen LogP contribution in [0.25, 0.3) is 65.9 Å². The van der Waals surface area contributed by atoms with E-state index in [0.29, 0.717) is 107 Å². The summed E-state index contributed by atoms with van der Waals surface area (Å²) in [6, 6.07) is 21.3. The molecule has 1 amide bonds. The van der Waals surface area contributed by atoms with Crippen molar-refractivity contribution in [3.8, 4) is 34.5 Å². The van der Waals surface area contributed by atoms with Crippen LogP contribution in [0, 0.1) is 17.0 Å². The molecule has 4 aromatic heterocycles. The van der Waals surface area contributed by atoms with Crippen LogP contribution in [0.2, 0.25) is 10.0 Å². The maximum atomic E-state index is 17.9. The van der Waals surface area contributed by atoms with Crippen LogP contribution in [0.15, 0.2) is 79.1 Å². The number of nitrogens with one attached hydrogen (secondary N) is 1. The summed E-state index contributed by atoms with van der Waals surface area (Å²) in [6.45, 7) is 8.21. The van der Waals surface area contributed by atoms with E-state index in [-0.39, 0.29) is 64.0 Å². The van der Waals surface area contributed by atoms with E-state index in [9.17, 15) is 9.90 Å². The number of anilines is 2. The number of ether oxygens (including phenoxy) is 2. The molecule has 7 saturated heterocycles. The predicted octanol–water partition coefficient (Wildman–Crippen LogP) is 11.8. The number of fused-ring (bicyclic) bond motifs is 6. The second-order valence-electron chi connectivity index (χ2n) is 25.1. The van der Waals surface area contributed by atoms with Crippen molar-refractivity contribution in [3.05, 3.63) is 106 Å².